The van der Waals surface area contributed by atoms with Gasteiger partial charge in [0.15, 0.2) is 15.6 Å². The van der Waals surface area contributed by atoms with Crippen molar-refractivity contribution in [3.63, 3.8) is 0 Å². The minimum Gasteiger partial charge on any atom is -0.487 e. The van der Waals surface area contributed by atoms with Gasteiger partial charge >= 0.3 is 11.5 Å². The molecule has 3 aromatic rings. The van der Waals surface area contributed by atoms with Crippen molar-refractivity contribution in [3.8, 4) is 22.6 Å². The maximum atomic E-state index is 13.5. The molecular weight excluding hydrogens is 529 g/mol. The molecule has 0 aliphatic carbocycles. The number of carbonyl (C=O) groups excluding carboxylic acids is 1. The van der Waals surface area contributed by atoms with Gasteiger partial charge in [0.1, 0.15) is 5.60 Å². The Hall–Kier alpha value is -2.92. The molecule has 0 unspecified atom stereocenters. The van der Waals surface area contributed by atoms with Crippen LogP contribution in [0.15, 0.2) is 58.4 Å². The van der Waals surface area contributed by atoms with Gasteiger partial charge in [-0.2, -0.15) is 9.78 Å². The van der Waals surface area contributed by atoms with E-state index in [4.69, 9.17) is 38.4 Å². The quantitative estimate of drug-likeness (QED) is 0.397. The number of sulfone groups is 1. The minimum absolute atomic E-state index is 0.0240. The van der Waals surface area contributed by atoms with Crippen LogP contribution in [0.2, 0.25) is 10.0 Å². The van der Waals surface area contributed by atoms with E-state index in [1.807, 2.05) is 0 Å². The highest BCUT2D eigenvalue weighted by atomic mass is 35.5. The minimum atomic E-state index is -3.40. The van der Waals surface area contributed by atoms with Crippen LogP contribution in [-0.2, 0) is 19.4 Å². The molecule has 0 amide bonds. The number of rotatable bonds is 9. The Labute approximate surface area is 218 Å². The summed E-state index contributed by atoms with van der Waals surface area (Å²) in [5, 5.41) is 4.82. The molecule has 0 bridgehead atoms. The second kappa shape index (κ2) is 11.0. The Morgan fingerprint density at radius 3 is 2.36 bits per heavy atom. The Morgan fingerprint density at radius 2 is 1.78 bits per heavy atom. The number of hydrogen-bond donors (Lipinski definition) is 1. The lowest BCUT2D eigenvalue weighted by atomic mass is 10.1. The zero-order valence-electron chi connectivity index (χ0n) is 19.8. The van der Waals surface area contributed by atoms with Crippen LogP contribution in [0.5, 0.6) is 5.75 Å². The summed E-state index contributed by atoms with van der Waals surface area (Å²) in [5.41, 5.74) is 5.11. The fourth-order valence-electron chi connectivity index (χ4n) is 3.27. The first-order valence-corrected chi connectivity index (χ1v) is 13.4. The maximum absolute atomic E-state index is 13.5. The zero-order valence-corrected chi connectivity index (χ0v) is 22.2. The molecule has 0 aliphatic rings. The largest absolute Gasteiger partial charge is 0.487 e. The van der Waals surface area contributed by atoms with Crippen LogP contribution < -0.4 is 16.0 Å². The van der Waals surface area contributed by atoms with Crippen LogP contribution in [-0.4, -0.2) is 49.2 Å². The van der Waals surface area contributed by atoms with E-state index in [1.165, 1.54) is 24.4 Å². The van der Waals surface area contributed by atoms with Crippen LogP contribution in [0.25, 0.3) is 16.8 Å². The number of benzene rings is 2. The Kier molecular flexibility index (Phi) is 8.45. The number of hydrogen-bond acceptors (Lipinski definition) is 8. The van der Waals surface area contributed by atoms with Crippen molar-refractivity contribution in [2.24, 2.45) is 5.73 Å². The molecule has 3 rings (SSSR count). The van der Waals surface area contributed by atoms with Crippen molar-refractivity contribution in [2.45, 2.75) is 30.8 Å². The summed E-state index contributed by atoms with van der Waals surface area (Å²) in [5.74, 6) is -0.582. The number of ether oxygens (including phenoxy) is 2. The molecule has 1 heterocycles. The van der Waals surface area contributed by atoms with E-state index < -0.39 is 27.0 Å². The standard InChI is InChI=1S/C24H25Cl2N3O6S/c1-24(2,35-21(30)13-27)10-11-34-22-18(15-4-7-17(8-5-15)36(3,32)33)14-28-29(23(22)31)16-6-9-19(25)20(26)12-16/h4-9,12,14H,10-11,13,27H2,1-3H3. The lowest BCUT2D eigenvalue weighted by Crippen LogP contribution is -2.33. The predicted octanol–water partition coefficient (Wildman–Crippen LogP) is 3.66. The third kappa shape index (κ3) is 6.64. The molecule has 36 heavy (non-hydrogen) atoms. The first kappa shape index (κ1) is 27.7. The topological polar surface area (TPSA) is 131 Å². The van der Waals surface area contributed by atoms with Crippen LogP contribution in [0, 0.1) is 0 Å². The third-order valence-electron chi connectivity index (χ3n) is 5.18. The molecule has 0 aliphatic heterocycles. The SMILES string of the molecule is CC(C)(CCOc1c(-c2ccc(S(C)(=O)=O)cc2)cnn(-c2ccc(Cl)c(Cl)c2)c1=O)OC(=O)CN. The summed E-state index contributed by atoms with van der Waals surface area (Å²) >= 11 is 12.1. The molecule has 2 aromatic carbocycles. The summed E-state index contributed by atoms with van der Waals surface area (Å²) < 4.78 is 36.0. The van der Waals surface area contributed by atoms with E-state index in [9.17, 15) is 18.0 Å². The average Bonchev–Trinajstić information content (AvgIpc) is 2.81. The van der Waals surface area contributed by atoms with Gasteiger partial charge in [-0.15, -0.1) is 0 Å². The van der Waals surface area contributed by atoms with Gasteiger partial charge in [-0.1, -0.05) is 35.3 Å². The maximum Gasteiger partial charge on any atom is 0.320 e. The first-order chi connectivity index (χ1) is 16.8. The van der Waals surface area contributed by atoms with Gasteiger partial charge in [0, 0.05) is 18.2 Å². The summed E-state index contributed by atoms with van der Waals surface area (Å²) in [6, 6.07) is 10.6. The fraction of sp³-hybridized carbons (Fsp3) is 0.292. The Morgan fingerprint density at radius 1 is 1.11 bits per heavy atom. The summed E-state index contributed by atoms with van der Waals surface area (Å²) in [6.07, 6.45) is 2.81. The molecule has 0 atom stereocenters. The number of aromatic nitrogens is 2. The second-order valence-corrected chi connectivity index (χ2v) is 11.4. The molecule has 12 heteroatoms. The van der Waals surface area contributed by atoms with Crippen LogP contribution in [0.1, 0.15) is 20.3 Å². The van der Waals surface area contributed by atoms with Crippen LogP contribution in [0.4, 0.5) is 0 Å². The zero-order chi connectivity index (χ0) is 26.7. The van der Waals surface area contributed by atoms with Crippen LogP contribution >= 0.6 is 23.2 Å². The molecule has 192 valence electrons. The summed E-state index contributed by atoms with van der Waals surface area (Å²) in [6.45, 7) is 3.18. The van der Waals surface area contributed by atoms with E-state index in [0.29, 0.717) is 21.8 Å². The molecule has 0 saturated heterocycles. The van der Waals surface area contributed by atoms with Gasteiger partial charge < -0.3 is 15.2 Å². The molecular formula is C24H25Cl2N3O6S. The third-order valence-corrected chi connectivity index (χ3v) is 7.05. The van der Waals surface area contributed by atoms with Gasteiger partial charge in [0.2, 0.25) is 0 Å². The summed E-state index contributed by atoms with van der Waals surface area (Å²) in [7, 11) is -3.40. The van der Waals surface area contributed by atoms with E-state index >= 15 is 0 Å². The van der Waals surface area contributed by atoms with Crippen molar-refractivity contribution in [3.05, 3.63) is 69.1 Å². The fourth-order valence-corrected chi connectivity index (χ4v) is 4.19. The normalized spacial score (nSPS) is 11.8. The second-order valence-electron chi connectivity index (χ2n) is 8.54. The highest BCUT2D eigenvalue weighted by Gasteiger charge is 2.24. The highest BCUT2D eigenvalue weighted by Crippen LogP contribution is 2.29. The van der Waals surface area contributed by atoms with Gasteiger partial charge in [0.05, 0.1) is 40.0 Å². The molecule has 0 radical (unpaired) electrons. The van der Waals surface area contributed by atoms with E-state index in [-0.39, 0.29) is 35.2 Å². The van der Waals surface area contributed by atoms with Crippen LogP contribution in [0.3, 0.4) is 0 Å². The van der Waals surface area contributed by atoms with Crippen molar-refractivity contribution in [2.75, 3.05) is 19.4 Å². The molecule has 9 nitrogen and oxygen atoms in total. The summed E-state index contributed by atoms with van der Waals surface area (Å²) in [4.78, 5) is 25.2. The van der Waals surface area contributed by atoms with Gasteiger partial charge in [-0.25, -0.2) is 8.42 Å². The first-order valence-electron chi connectivity index (χ1n) is 10.8. The number of halogens is 2. The molecule has 1 aromatic heterocycles. The Balaban J connectivity index is 2.03. The smallest absolute Gasteiger partial charge is 0.320 e. The van der Waals surface area contributed by atoms with Crippen molar-refractivity contribution < 1.29 is 22.7 Å². The van der Waals surface area contributed by atoms with E-state index in [2.05, 4.69) is 5.10 Å². The molecule has 0 spiro atoms. The lowest BCUT2D eigenvalue weighted by Gasteiger charge is -2.25. The number of esters is 1. The van der Waals surface area contributed by atoms with Gasteiger partial charge in [-0.3, -0.25) is 9.59 Å². The predicted molar refractivity (Wildman–Crippen MR) is 138 cm³/mol. The average molecular weight is 554 g/mol. The van der Waals surface area contributed by atoms with Gasteiger partial charge in [-0.05, 0) is 49.7 Å². The van der Waals surface area contributed by atoms with Crippen molar-refractivity contribution in [1.82, 2.24) is 9.78 Å². The van der Waals surface area contributed by atoms with E-state index in [1.54, 1.807) is 38.1 Å². The molecule has 2 N–H and O–H groups in total. The number of carbonyl (C=O) groups is 1. The molecule has 0 fully saturated rings. The van der Waals surface area contributed by atoms with Crippen molar-refractivity contribution >= 4 is 39.0 Å². The van der Waals surface area contributed by atoms with E-state index in [0.717, 1.165) is 10.9 Å². The lowest BCUT2D eigenvalue weighted by molar-refractivity contribution is -0.155. The monoisotopic (exact) mass is 553 g/mol. The number of nitrogens with zero attached hydrogens (tertiary/aromatic N) is 2. The molecule has 0 saturated carbocycles. The number of nitrogens with two attached hydrogens (primary N) is 1. The van der Waals surface area contributed by atoms with Crippen molar-refractivity contribution in [1.29, 1.82) is 0 Å². The van der Waals surface area contributed by atoms with Gasteiger partial charge in [0.25, 0.3) is 0 Å². The highest BCUT2D eigenvalue weighted by molar-refractivity contribution is 7.90. The Bertz CT molecular complexity index is 1440.